The minimum Gasteiger partial charge on any atom is -0.748 e. The largest absolute Gasteiger partial charge is 0.748 e. The second-order valence-electron chi connectivity index (χ2n) is 21.6. The van der Waals surface area contributed by atoms with Crippen LogP contribution in [0.15, 0.2) is 40.2 Å². The van der Waals surface area contributed by atoms with Crippen LogP contribution < -0.4 is 16.4 Å². The molecule has 0 aliphatic carbocycles. The third-order valence-electron chi connectivity index (χ3n) is 13.3. The van der Waals surface area contributed by atoms with Crippen molar-refractivity contribution in [2.45, 2.75) is 112 Å². The zero-order valence-corrected chi connectivity index (χ0v) is 44.4. The summed E-state index contributed by atoms with van der Waals surface area (Å²) >= 11 is 0. The number of esters is 4. The maximum atomic E-state index is 14.3. The highest BCUT2D eigenvalue weighted by Gasteiger charge is 2.53. The molecule has 0 saturated carbocycles. The van der Waals surface area contributed by atoms with Gasteiger partial charge in [-0.2, -0.15) is 0 Å². The maximum Gasteiger partial charge on any atom is 0.312 e. The van der Waals surface area contributed by atoms with Crippen LogP contribution in [0.3, 0.4) is 0 Å². The minimum absolute atomic E-state index is 0.0108. The topological polar surface area (TPSA) is 297 Å². The van der Waals surface area contributed by atoms with E-state index in [0.29, 0.717) is 63.1 Å². The Labute approximate surface area is 423 Å². The van der Waals surface area contributed by atoms with Crippen molar-refractivity contribution in [2.24, 2.45) is 21.7 Å². The quantitative estimate of drug-likeness (QED) is 0.0161. The number of aliphatic hydroxyl groups is 1. The fraction of sp³-hybridized carbons (Fsp3) is 0.620. The smallest absolute Gasteiger partial charge is 0.312 e. The highest BCUT2D eigenvalue weighted by Crippen LogP contribution is 2.49. The van der Waals surface area contributed by atoms with Gasteiger partial charge in [0.05, 0.1) is 70.4 Å². The Hall–Kier alpha value is -6.04. The number of hydrogen-bond acceptors (Lipinski definition) is 17. The van der Waals surface area contributed by atoms with Crippen LogP contribution in [0.4, 0.5) is 0 Å². The van der Waals surface area contributed by atoms with Gasteiger partial charge in [-0.1, -0.05) is 20.3 Å². The number of hydrogen-bond donors (Lipinski definition) is 3. The number of amides is 1. The Morgan fingerprint density at radius 2 is 1.40 bits per heavy atom. The molecule has 23 heteroatoms. The molecule has 0 bridgehead atoms. The summed E-state index contributed by atoms with van der Waals surface area (Å²) in [5.41, 5.74) is -5.51. The summed E-state index contributed by atoms with van der Waals surface area (Å²) < 4.78 is 58.9. The number of carbonyl (C=O) groups excluding carboxylic acids is 5. The van der Waals surface area contributed by atoms with Crippen LogP contribution in [0, 0.1) is 21.7 Å². The predicted molar refractivity (Wildman–Crippen MR) is 268 cm³/mol. The zero-order valence-electron chi connectivity index (χ0n) is 43.6. The van der Waals surface area contributed by atoms with E-state index in [1.54, 1.807) is 49.6 Å². The monoisotopic (exact) mass is 1040 g/mol. The Morgan fingerprint density at radius 3 is 2.03 bits per heavy atom. The molecule has 1 amide bonds. The van der Waals surface area contributed by atoms with Gasteiger partial charge in [0, 0.05) is 46.5 Å². The van der Waals surface area contributed by atoms with E-state index in [0.717, 1.165) is 5.52 Å². The number of benzene rings is 2. The van der Waals surface area contributed by atoms with Crippen molar-refractivity contribution in [1.82, 2.24) is 29.5 Å². The molecule has 0 radical (unpaired) electrons. The molecule has 0 saturated heterocycles. The van der Waals surface area contributed by atoms with Crippen LogP contribution in [0.1, 0.15) is 99.8 Å². The van der Waals surface area contributed by atoms with Gasteiger partial charge in [0.2, 0.25) is 5.91 Å². The standard InChI is InChI=1S/C50H71N7O15S/c1-11-48(5,29-49(6,42(62)51-27-32(2)58)30-50(7,45(65)70-22-21-57(8,9)10)28-47(3,4)43(63)72-25-26-73(66,67)68)44(64)71-24-23-69-37(59)15-13-12-14-20-55-40(60)33-16-18-35-39-36(56-46(54-35)52-31-53-56)19-17-34(38(33)39)41(55)61/h16-19,31-32,58H,11-15,20-30H2,1-10H3,(H2-,51,52,53,54,60,61,62,66,67,68). The van der Waals surface area contributed by atoms with Gasteiger partial charge >= 0.3 is 23.9 Å². The Balaban J connectivity index is 1.20. The average Bonchev–Trinajstić information content (AvgIpc) is 3.77. The lowest BCUT2D eigenvalue weighted by Crippen LogP contribution is -2.51. The van der Waals surface area contributed by atoms with Crippen LogP contribution in [0.5, 0.6) is 0 Å². The predicted octanol–water partition coefficient (Wildman–Crippen LogP) is 3.58. The summed E-state index contributed by atoms with van der Waals surface area (Å²) in [5, 5.41) is 17.8. The van der Waals surface area contributed by atoms with E-state index >= 15 is 0 Å². The number of fused-ring (bicyclic) bond motifs is 2. The molecule has 5 rings (SSSR count). The number of rotatable bonds is 28. The van der Waals surface area contributed by atoms with Crippen molar-refractivity contribution in [3.05, 3.63) is 51.3 Å². The van der Waals surface area contributed by atoms with E-state index in [-0.39, 0.29) is 65.0 Å². The van der Waals surface area contributed by atoms with Crippen molar-refractivity contribution in [3.63, 3.8) is 0 Å². The van der Waals surface area contributed by atoms with Gasteiger partial charge in [-0.15, -0.1) is 0 Å². The van der Waals surface area contributed by atoms with Crippen molar-refractivity contribution in [1.29, 1.82) is 0 Å². The Bertz CT molecular complexity index is 3020. The second kappa shape index (κ2) is 23.0. The number of nitrogens with zero attached hydrogens (tertiary/aromatic N) is 5. The molecular formula is C50H71N7O15S. The molecule has 0 aliphatic heterocycles. The number of aromatic amines is 1. The van der Waals surface area contributed by atoms with Crippen molar-refractivity contribution >= 4 is 78.3 Å². The summed E-state index contributed by atoms with van der Waals surface area (Å²) in [6.07, 6.45) is 1.36. The van der Waals surface area contributed by atoms with Gasteiger partial charge in [0.1, 0.15) is 39.3 Å². The highest BCUT2D eigenvalue weighted by molar-refractivity contribution is 7.85. The van der Waals surface area contributed by atoms with Crippen LogP contribution in [-0.2, 0) is 59.6 Å². The summed E-state index contributed by atoms with van der Waals surface area (Å²) in [7, 11) is 1.02. The lowest BCUT2D eigenvalue weighted by molar-refractivity contribution is -0.870. The molecule has 4 unspecified atom stereocenters. The van der Waals surface area contributed by atoms with E-state index in [1.165, 1.54) is 38.6 Å². The number of nitrogens with one attached hydrogen (secondary N) is 2. The second-order valence-corrected chi connectivity index (χ2v) is 23.2. The highest BCUT2D eigenvalue weighted by atomic mass is 32.2. The number of ether oxygens (including phenoxy) is 4. The van der Waals surface area contributed by atoms with E-state index in [9.17, 15) is 51.6 Å². The molecule has 402 valence electrons. The fourth-order valence-corrected chi connectivity index (χ4v) is 9.86. The third kappa shape index (κ3) is 14.4. The van der Waals surface area contributed by atoms with Gasteiger partial charge in [-0.05, 0) is 97.4 Å². The van der Waals surface area contributed by atoms with Crippen LogP contribution in [-0.4, -0.2) is 149 Å². The number of H-pyrrole nitrogens is 1. The number of carbonyl (C=O) groups is 5. The van der Waals surface area contributed by atoms with Crippen molar-refractivity contribution in [2.75, 3.05) is 66.4 Å². The zero-order chi connectivity index (χ0) is 54.3. The van der Waals surface area contributed by atoms with Gasteiger partial charge < -0.3 is 38.4 Å². The van der Waals surface area contributed by atoms with E-state index in [4.69, 9.17) is 18.9 Å². The number of unbranched alkanes of at least 4 members (excludes halogenated alkanes) is 2. The molecule has 73 heavy (non-hydrogen) atoms. The lowest BCUT2D eigenvalue weighted by atomic mass is 9.61. The minimum atomic E-state index is -4.69. The fourth-order valence-electron chi connectivity index (χ4n) is 9.57. The van der Waals surface area contributed by atoms with E-state index in [2.05, 4.69) is 20.4 Å². The molecule has 3 N–H and O–H groups in total. The number of aliphatic hydroxyl groups excluding tert-OH is 1. The molecular weight excluding hydrogens is 971 g/mol. The molecule has 5 aromatic rings. The first kappa shape index (κ1) is 57.9. The van der Waals surface area contributed by atoms with Crippen molar-refractivity contribution < 1.29 is 65.5 Å². The van der Waals surface area contributed by atoms with Gasteiger partial charge in [0.15, 0.2) is 0 Å². The van der Waals surface area contributed by atoms with E-state index < -0.39 is 91.1 Å². The number of likely N-dealkylation sites (N-methyl/N-ethyl adjacent to an activating group) is 1. The molecule has 4 atom stereocenters. The van der Waals surface area contributed by atoms with Gasteiger partial charge in [-0.25, -0.2) is 22.9 Å². The summed E-state index contributed by atoms with van der Waals surface area (Å²) in [6, 6.07) is 6.91. The molecule has 0 aliphatic rings. The average molecular weight is 1040 g/mol. The summed E-state index contributed by atoms with van der Waals surface area (Å²) in [5.74, 6) is -4.00. The molecule has 0 fully saturated rings. The molecule has 3 aromatic heterocycles. The first-order chi connectivity index (χ1) is 33.9. The lowest BCUT2D eigenvalue weighted by Gasteiger charge is -2.43. The molecule has 0 spiro atoms. The van der Waals surface area contributed by atoms with Crippen LogP contribution >= 0.6 is 0 Å². The summed E-state index contributed by atoms with van der Waals surface area (Å²) in [6.45, 7) is 9.96. The maximum absolute atomic E-state index is 14.3. The number of pyridine rings is 1. The van der Waals surface area contributed by atoms with Crippen LogP contribution in [0.25, 0.3) is 38.4 Å². The normalized spacial score (nSPS) is 15.4. The Kier molecular flexibility index (Phi) is 18.2. The molecule has 22 nitrogen and oxygen atoms in total. The number of aromatic nitrogens is 5. The van der Waals surface area contributed by atoms with Gasteiger partial charge in [0.25, 0.3) is 16.9 Å². The molecule has 2 aromatic carbocycles. The number of quaternary nitrogens is 1. The SMILES string of the molecule is CCC(C)(CC(C)(CC(C)(CC(C)(C)C(=O)OCCS(=O)(=O)[O-])C(=O)OCC[N+](C)(C)C)C(=O)NCC(C)O)C(=O)OCCOC(=O)CCCCCn1c(=O)c2ccc3nc4nc[nH]n4c4ccc(c1=O)c2c34. The Morgan fingerprint density at radius 1 is 0.795 bits per heavy atom. The van der Waals surface area contributed by atoms with E-state index in [1.807, 2.05) is 21.1 Å². The first-order valence-electron chi connectivity index (χ1n) is 24.5. The van der Waals surface area contributed by atoms with Crippen LogP contribution in [0.2, 0.25) is 0 Å². The molecule has 3 heterocycles. The van der Waals surface area contributed by atoms with Gasteiger partial charge in [-0.3, -0.25) is 43.2 Å². The van der Waals surface area contributed by atoms with Crippen molar-refractivity contribution in [3.8, 4) is 0 Å². The first-order valence-corrected chi connectivity index (χ1v) is 26.0. The third-order valence-corrected chi connectivity index (χ3v) is 14.0. The summed E-state index contributed by atoms with van der Waals surface area (Å²) in [4.78, 5) is 105.